The van der Waals surface area contributed by atoms with Crippen LogP contribution < -0.4 is 5.32 Å². The Balaban J connectivity index is 1.35. The smallest absolute Gasteiger partial charge is 0.252 e. The second-order valence-electron chi connectivity index (χ2n) is 7.38. The SMILES string of the molecule is O=C(NC[C@@H]1CCN1S(=O)(=O)c1cccc2ccccc12)c1cccc2occc12. The molecule has 1 fully saturated rings. The fourth-order valence-corrected chi connectivity index (χ4v) is 5.87. The molecule has 1 saturated heterocycles. The average Bonchev–Trinajstić information content (AvgIpc) is 3.21. The number of hydrogen-bond donors (Lipinski definition) is 1. The zero-order valence-electron chi connectivity index (χ0n) is 16.1. The molecule has 2 heterocycles. The molecule has 1 aromatic heterocycles. The number of furan rings is 1. The highest BCUT2D eigenvalue weighted by Crippen LogP contribution is 2.31. The van der Waals surface area contributed by atoms with Crippen LogP contribution in [0.15, 0.2) is 82.3 Å². The van der Waals surface area contributed by atoms with E-state index in [1.165, 1.54) is 4.31 Å². The number of benzene rings is 3. The van der Waals surface area contributed by atoms with Crippen molar-refractivity contribution < 1.29 is 17.6 Å². The molecule has 3 aromatic carbocycles. The van der Waals surface area contributed by atoms with Gasteiger partial charge in [0.15, 0.2) is 0 Å². The molecule has 30 heavy (non-hydrogen) atoms. The molecule has 4 aromatic rings. The number of hydrogen-bond acceptors (Lipinski definition) is 4. The van der Waals surface area contributed by atoms with Crippen molar-refractivity contribution in [3.8, 4) is 0 Å². The van der Waals surface area contributed by atoms with E-state index in [1.54, 1.807) is 42.7 Å². The Kier molecular flexibility index (Phi) is 4.56. The van der Waals surface area contributed by atoms with E-state index in [0.717, 1.165) is 10.8 Å². The van der Waals surface area contributed by atoms with Gasteiger partial charge in [-0.05, 0) is 36.1 Å². The average molecular weight is 420 g/mol. The van der Waals surface area contributed by atoms with Crippen LogP contribution in [0.4, 0.5) is 0 Å². The molecule has 5 rings (SSSR count). The van der Waals surface area contributed by atoms with Crippen LogP contribution in [0, 0.1) is 0 Å². The first-order valence-electron chi connectivity index (χ1n) is 9.80. The quantitative estimate of drug-likeness (QED) is 0.533. The first kappa shape index (κ1) is 18.8. The molecule has 0 bridgehead atoms. The third-order valence-electron chi connectivity index (χ3n) is 5.66. The van der Waals surface area contributed by atoms with Crippen molar-refractivity contribution >= 4 is 37.7 Å². The number of carbonyl (C=O) groups excluding carboxylic acids is 1. The predicted octanol–water partition coefficient (Wildman–Crippen LogP) is 3.78. The van der Waals surface area contributed by atoms with E-state index < -0.39 is 10.0 Å². The summed E-state index contributed by atoms with van der Waals surface area (Å²) in [5.41, 5.74) is 1.16. The van der Waals surface area contributed by atoms with Crippen LogP contribution in [0.1, 0.15) is 16.8 Å². The minimum atomic E-state index is -3.65. The Morgan fingerprint density at radius 1 is 1.00 bits per heavy atom. The Bertz CT molecular complexity index is 1350. The fraction of sp³-hybridized carbons (Fsp3) is 0.174. The van der Waals surface area contributed by atoms with E-state index in [1.807, 2.05) is 30.3 Å². The number of nitrogens with one attached hydrogen (secondary N) is 1. The van der Waals surface area contributed by atoms with Gasteiger partial charge in [-0.2, -0.15) is 4.31 Å². The maximum Gasteiger partial charge on any atom is 0.252 e. The van der Waals surface area contributed by atoms with Crippen molar-refractivity contribution in [2.75, 3.05) is 13.1 Å². The molecule has 1 atom stereocenters. The Morgan fingerprint density at radius 3 is 2.63 bits per heavy atom. The lowest BCUT2D eigenvalue weighted by Crippen LogP contribution is -2.55. The molecular formula is C23H20N2O4S. The number of fused-ring (bicyclic) bond motifs is 2. The summed E-state index contributed by atoms with van der Waals surface area (Å²) >= 11 is 0. The second kappa shape index (κ2) is 7.27. The van der Waals surface area contributed by atoms with E-state index in [9.17, 15) is 13.2 Å². The molecule has 0 saturated carbocycles. The van der Waals surface area contributed by atoms with Gasteiger partial charge in [-0.1, -0.05) is 42.5 Å². The summed E-state index contributed by atoms with van der Waals surface area (Å²) in [7, 11) is -3.65. The van der Waals surface area contributed by atoms with Gasteiger partial charge in [0.25, 0.3) is 5.91 Å². The topological polar surface area (TPSA) is 79.6 Å². The summed E-state index contributed by atoms with van der Waals surface area (Å²) in [6.45, 7) is 0.709. The zero-order valence-corrected chi connectivity index (χ0v) is 16.9. The minimum Gasteiger partial charge on any atom is -0.464 e. The van der Waals surface area contributed by atoms with Gasteiger partial charge in [0.05, 0.1) is 16.7 Å². The molecule has 1 aliphatic rings. The van der Waals surface area contributed by atoms with Crippen molar-refractivity contribution in [2.45, 2.75) is 17.4 Å². The zero-order chi connectivity index (χ0) is 20.7. The lowest BCUT2D eigenvalue weighted by atomic mass is 10.1. The van der Waals surface area contributed by atoms with E-state index in [0.29, 0.717) is 34.4 Å². The van der Waals surface area contributed by atoms with Gasteiger partial charge in [0, 0.05) is 29.9 Å². The van der Waals surface area contributed by atoms with E-state index >= 15 is 0 Å². The lowest BCUT2D eigenvalue weighted by molar-refractivity contribution is 0.0929. The number of carbonyl (C=O) groups is 1. The van der Waals surface area contributed by atoms with Gasteiger partial charge in [0.2, 0.25) is 10.0 Å². The van der Waals surface area contributed by atoms with Gasteiger partial charge in [-0.25, -0.2) is 8.42 Å². The summed E-state index contributed by atoms with van der Waals surface area (Å²) in [6.07, 6.45) is 2.26. The standard InChI is InChI=1S/C23H20N2O4S/c26-23(20-8-4-9-21-19(20)12-14-29-21)24-15-17-11-13-25(17)30(27,28)22-10-3-6-16-5-1-2-7-18(16)22/h1-10,12,14,17H,11,13,15H2,(H,24,26)/t17-/m0/s1. The van der Waals surface area contributed by atoms with Crippen LogP contribution in [-0.4, -0.2) is 37.8 Å². The van der Waals surface area contributed by atoms with Gasteiger partial charge in [-0.3, -0.25) is 4.79 Å². The van der Waals surface area contributed by atoms with Crippen LogP contribution in [0.5, 0.6) is 0 Å². The molecule has 0 unspecified atom stereocenters. The monoisotopic (exact) mass is 420 g/mol. The fourth-order valence-electron chi connectivity index (χ4n) is 3.98. The number of sulfonamides is 1. The Morgan fingerprint density at radius 2 is 1.80 bits per heavy atom. The van der Waals surface area contributed by atoms with Crippen molar-refractivity contribution in [3.05, 3.63) is 78.6 Å². The third-order valence-corrected chi connectivity index (χ3v) is 7.67. The summed E-state index contributed by atoms with van der Waals surface area (Å²) in [6, 6.07) is 19.6. The van der Waals surface area contributed by atoms with Crippen molar-refractivity contribution in [1.82, 2.24) is 9.62 Å². The molecule has 6 nitrogen and oxygen atoms in total. The highest BCUT2D eigenvalue weighted by atomic mass is 32.2. The van der Waals surface area contributed by atoms with Gasteiger partial charge in [-0.15, -0.1) is 0 Å². The number of rotatable bonds is 5. The van der Waals surface area contributed by atoms with Crippen molar-refractivity contribution in [1.29, 1.82) is 0 Å². The van der Waals surface area contributed by atoms with E-state index in [2.05, 4.69) is 5.32 Å². The van der Waals surface area contributed by atoms with Crippen molar-refractivity contribution in [2.24, 2.45) is 0 Å². The normalized spacial score (nSPS) is 17.1. The Hall–Kier alpha value is -3.16. The van der Waals surface area contributed by atoms with Crippen molar-refractivity contribution in [3.63, 3.8) is 0 Å². The van der Waals surface area contributed by atoms with Crippen LogP contribution >= 0.6 is 0 Å². The first-order valence-corrected chi connectivity index (χ1v) is 11.2. The molecule has 7 heteroatoms. The van der Waals surface area contributed by atoms with Gasteiger partial charge in [0.1, 0.15) is 5.58 Å². The molecule has 1 aliphatic heterocycles. The summed E-state index contributed by atoms with van der Waals surface area (Å²) < 4.78 is 33.4. The summed E-state index contributed by atoms with van der Waals surface area (Å²) in [5.74, 6) is -0.239. The number of amides is 1. The largest absolute Gasteiger partial charge is 0.464 e. The molecule has 0 spiro atoms. The van der Waals surface area contributed by atoms with Gasteiger partial charge < -0.3 is 9.73 Å². The highest BCUT2D eigenvalue weighted by Gasteiger charge is 2.39. The molecule has 1 N–H and O–H groups in total. The molecule has 0 aliphatic carbocycles. The van der Waals surface area contributed by atoms with Crippen LogP contribution in [0.25, 0.3) is 21.7 Å². The third kappa shape index (κ3) is 3.07. The summed E-state index contributed by atoms with van der Waals surface area (Å²) in [5, 5.41) is 5.22. The maximum absolute atomic E-state index is 13.3. The van der Waals surface area contributed by atoms with Crippen LogP contribution in [0.2, 0.25) is 0 Å². The van der Waals surface area contributed by atoms with Crippen LogP contribution in [0.3, 0.4) is 0 Å². The van der Waals surface area contributed by atoms with Gasteiger partial charge >= 0.3 is 0 Å². The number of nitrogens with zero attached hydrogens (tertiary/aromatic N) is 1. The predicted molar refractivity (Wildman–Crippen MR) is 115 cm³/mol. The summed E-state index contributed by atoms with van der Waals surface area (Å²) in [4.78, 5) is 13.0. The first-order chi connectivity index (χ1) is 14.6. The molecule has 152 valence electrons. The lowest BCUT2D eigenvalue weighted by Gasteiger charge is -2.39. The van der Waals surface area contributed by atoms with Crippen LogP contribution in [-0.2, 0) is 10.0 Å². The Labute approximate surface area is 174 Å². The maximum atomic E-state index is 13.3. The van der Waals surface area contributed by atoms with E-state index in [-0.39, 0.29) is 18.5 Å². The minimum absolute atomic E-state index is 0.239. The highest BCUT2D eigenvalue weighted by molar-refractivity contribution is 7.89. The van der Waals surface area contributed by atoms with E-state index in [4.69, 9.17) is 4.42 Å². The molecule has 0 radical (unpaired) electrons. The second-order valence-corrected chi connectivity index (χ2v) is 9.24. The molecule has 1 amide bonds. The molecular weight excluding hydrogens is 400 g/mol.